The molecule has 28 heavy (non-hydrogen) atoms. The SMILES string of the molecule is Cn1c(CSc2nnc(-c3ccc(OC(F)F)cc3)n2N)cc(=O)n(C)c1=O. The average molecular weight is 410 g/mol. The van der Waals surface area contributed by atoms with E-state index < -0.39 is 17.9 Å². The van der Waals surface area contributed by atoms with Crippen LogP contribution in [0, 0.1) is 0 Å². The second-order valence-electron chi connectivity index (χ2n) is 5.74. The van der Waals surface area contributed by atoms with Crippen molar-refractivity contribution >= 4 is 11.8 Å². The van der Waals surface area contributed by atoms with Crippen molar-refractivity contribution in [2.45, 2.75) is 17.5 Å². The standard InChI is InChI=1S/C16H16F2N6O3S/c1-22-10(7-12(25)23(2)16(22)26)8-28-15-21-20-13(24(15)19)9-3-5-11(6-4-9)27-14(17)18/h3-7,14H,8,19H2,1-2H3. The molecule has 9 nitrogen and oxygen atoms in total. The first-order valence-electron chi connectivity index (χ1n) is 7.92. The summed E-state index contributed by atoms with van der Waals surface area (Å²) in [7, 11) is 2.97. The fourth-order valence-corrected chi connectivity index (χ4v) is 3.29. The first kappa shape index (κ1) is 19.6. The number of ether oxygens (including phenoxy) is 1. The Balaban J connectivity index is 1.79. The molecule has 0 atom stereocenters. The Morgan fingerprint density at radius 3 is 2.46 bits per heavy atom. The van der Waals surface area contributed by atoms with Crippen molar-refractivity contribution in [1.82, 2.24) is 24.0 Å². The van der Waals surface area contributed by atoms with Crippen LogP contribution in [0.1, 0.15) is 5.69 Å². The maximum Gasteiger partial charge on any atom is 0.387 e. The number of rotatable bonds is 6. The van der Waals surface area contributed by atoms with Crippen molar-refractivity contribution in [1.29, 1.82) is 0 Å². The van der Waals surface area contributed by atoms with Gasteiger partial charge in [0.25, 0.3) is 5.56 Å². The van der Waals surface area contributed by atoms with Crippen LogP contribution in [-0.2, 0) is 19.8 Å². The molecule has 0 fully saturated rings. The first-order valence-corrected chi connectivity index (χ1v) is 8.91. The minimum atomic E-state index is -2.90. The minimum Gasteiger partial charge on any atom is -0.435 e. The molecule has 12 heteroatoms. The summed E-state index contributed by atoms with van der Waals surface area (Å²) in [5, 5.41) is 8.36. The number of hydrogen-bond donors (Lipinski definition) is 1. The Kier molecular flexibility index (Phi) is 5.49. The highest BCUT2D eigenvalue weighted by atomic mass is 32.2. The van der Waals surface area contributed by atoms with E-state index in [9.17, 15) is 18.4 Å². The molecule has 2 aromatic heterocycles. The third-order valence-corrected chi connectivity index (χ3v) is 4.95. The molecule has 0 saturated heterocycles. The lowest BCUT2D eigenvalue weighted by Gasteiger charge is -2.09. The molecule has 2 N–H and O–H groups in total. The summed E-state index contributed by atoms with van der Waals surface area (Å²) < 4.78 is 32.4. The highest BCUT2D eigenvalue weighted by Crippen LogP contribution is 2.25. The van der Waals surface area contributed by atoms with Gasteiger partial charge in [-0.3, -0.25) is 13.9 Å². The third kappa shape index (κ3) is 3.91. The third-order valence-electron chi connectivity index (χ3n) is 3.98. The summed E-state index contributed by atoms with van der Waals surface area (Å²) in [6.07, 6.45) is 0. The van der Waals surface area contributed by atoms with Crippen LogP contribution in [0.5, 0.6) is 5.75 Å². The minimum absolute atomic E-state index is 0.0167. The van der Waals surface area contributed by atoms with Crippen molar-refractivity contribution in [3.05, 3.63) is 56.9 Å². The molecule has 0 aliphatic carbocycles. The Labute approximate surface area is 161 Å². The molecule has 3 rings (SSSR count). The number of nitrogens with two attached hydrogens (primary N) is 1. The molecule has 148 valence electrons. The highest BCUT2D eigenvalue weighted by molar-refractivity contribution is 7.98. The molecule has 0 unspecified atom stereocenters. The molecule has 0 bridgehead atoms. The summed E-state index contributed by atoms with van der Waals surface area (Å²) in [5.74, 6) is 6.64. The Morgan fingerprint density at radius 1 is 1.14 bits per heavy atom. The average Bonchev–Trinajstić information content (AvgIpc) is 3.02. The van der Waals surface area contributed by atoms with E-state index in [4.69, 9.17) is 5.84 Å². The van der Waals surface area contributed by atoms with E-state index in [2.05, 4.69) is 14.9 Å². The summed E-state index contributed by atoms with van der Waals surface area (Å²) in [4.78, 5) is 23.8. The zero-order valence-corrected chi connectivity index (χ0v) is 15.7. The van der Waals surface area contributed by atoms with Crippen molar-refractivity contribution in [2.24, 2.45) is 14.1 Å². The largest absolute Gasteiger partial charge is 0.435 e. The van der Waals surface area contributed by atoms with Gasteiger partial charge in [-0.2, -0.15) is 8.78 Å². The smallest absolute Gasteiger partial charge is 0.387 e. The van der Waals surface area contributed by atoms with Gasteiger partial charge in [0, 0.05) is 37.2 Å². The number of thioether (sulfide) groups is 1. The lowest BCUT2D eigenvalue weighted by Crippen LogP contribution is -2.37. The van der Waals surface area contributed by atoms with Crippen LogP contribution in [0.3, 0.4) is 0 Å². The topological polar surface area (TPSA) is 110 Å². The van der Waals surface area contributed by atoms with Gasteiger partial charge in [0.1, 0.15) is 5.75 Å². The molecular formula is C16H16F2N6O3S. The van der Waals surface area contributed by atoms with Crippen LogP contribution in [-0.4, -0.2) is 30.6 Å². The molecule has 1 aromatic carbocycles. The van der Waals surface area contributed by atoms with Crippen LogP contribution in [0.15, 0.2) is 45.1 Å². The number of hydrogen-bond acceptors (Lipinski definition) is 7. The van der Waals surface area contributed by atoms with Gasteiger partial charge in [0.15, 0.2) is 5.82 Å². The van der Waals surface area contributed by atoms with E-state index in [1.54, 1.807) is 7.05 Å². The van der Waals surface area contributed by atoms with E-state index in [1.807, 2.05) is 0 Å². The predicted molar refractivity (Wildman–Crippen MR) is 98.7 cm³/mol. The van der Waals surface area contributed by atoms with Crippen molar-refractivity contribution in [3.8, 4) is 17.1 Å². The molecular weight excluding hydrogens is 394 g/mol. The number of halogens is 2. The summed E-state index contributed by atoms with van der Waals surface area (Å²) in [6, 6.07) is 7.18. The van der Waals surface area contributed by atoms with Gasteiger partial charge < -0.3 is 10.6 Å². The Morgan fingerprint density at radius 2 is 1.82 bits per heavy atom. The van der Waals surface area contributed by atoms with Gasteiger partial charge in [-0.05, 0) is 24.3 Å². The normalized spacial score (nSPS) is 11.2. The molecule has 0 radical (unpaired) electrons. The quantitative estimate of drug-likeness (QED) is 0.476. The lowest BCUT2D eigenvalue weighted by atomic mass is 10.2. The van der Waals surface area contributed by atoms with Gasteiger partial charge in [0.2, 0.25) is 5.16 Å². The van der Waals surface area contributed by atoms with Crippen LogP contribution >= 0.6 is 11.8 Å². The van der Waals surface area contributed by atoms with Gasteiger partial charge in [-0.1, -0.05) is 11.8 Å². The number of alkyl halides is 2. The number of benzene rings is 1. The monoisotopic (exact) mass is 410 g/mol. The van der Waals surface area contributed by atoms with Crippen molar-refractivity contribution < 1.29 is 13.5 Å². The van der Waals surface area contributed by atoms with E-state index >= 15 is 0 Å². The molecule has 3 aromatic rings. The first-order chi connectivity index (χ1) is 13.3. The van der Waals surface area contributed by atoms with Crippen molar-refractivity contribution in [2.75, 3.05) is 5.84 Å². The fourth-order valence-electron chi connectivity index (χ4n) is 2.41. The Bertz CT molecular complexity index is 1110. The Hall–Kier alpha value is -3.15. The predicted octanol–water partition coefficient (Wildman–Crippen LogP) is 0.950. The summed E-state index contributed by atoms with van der Waals surface area (Å²) in [6.45, 7) is -2.90. The highest BCUT2D eigenvalue weighted by Gasteiger charge is 2.14. The van der Waals surface area contributed by atoms with Crippen LogP contribution < -0.4 is 21.8 Å². The van der Waals surface area contributed by atoms with Crippen LogP contribution in [0.2, 0.25) is 0 Å². The van der Waals surface area contributed by atoms with Crippen LogP contribution in [0.4, 0.5) is 8.78 Å². The zero-order chi connectivity index (χ0) is 20.4. The van der Waals surface area contributed by atoms with Crippen molar-refractivity contribution in [3.63, 3.8) is 0 Å². The summed E-state index contributed by atoms with van der Waals surface area (Å²) >= 11 is 1.20. The maximum absolute atomic E-state index is 12.2. The van der Waals surface area contributed by atoms with E-state index in [1.165, 1.54) is 58.4 Å². The number of nitrogen functional groups attached to an aromatic ring is 1. The molecule has 0 saturated carbocycles. The second-order valence-corrected chi connectivity index (χ2v) is 6.68. The molecule has 0 aliphatic heterocycles. The number of aromatic nitrogens is 5. The van der Waals surface area contributed by atoms with Gasteiger partial charge >= 0.3 is 12.3 Å². The summed E-state index contributed by atoms with van der Waals surface area (Å²) in [5.41, 5.74) is 0.240. The molecule has 0 spiro atoms. The lowest BCUT2D eigenvalue weighted by molar-refractivity contribution is -0.0498. The second kappa shape index (κ2) is 7.84. The van der Waals surface area contributed by atoms with E-state index in [0.717, 1.165) is 4.57 Å². The molecule has 0 amide bonds. The van der Waals surface area contributed by atoms with Gasteiger partial charge in [-0.25, -0.2) is 9.47 Å². The number of nitrogens with zero attached hydrogens (tertiary/aromatic N) is 5. The van der Waals surface area contributed by atoms with Crippen LogP contribution in [0.25, 0.3) is 11.4 Å². The van der Waals surface area contributed by atoms with E-state index in [-0.39, 0.29) is 11.5 Å². The van der Waals surface area contributed by atoms with Gasteiger partial charge in [0.05, 0.1) is 0 Å². The molecule has 0 aliphatic rings. The molecule has 2 heterocycles. The zero-order valence-electron chi connectivity index (χ0n) is 14.9. The maximum atomic E-state index is 12.2. The fraction of sp³-hybridized carbons (Fsp3) is 0.250. The van der Waals surface area contributed by atoms with Gasteiger partial charge in [-0.15, -0.1) is 10.2 Å². The van der Waals surface area contributed by atoms with E-state index in [0.29, 0.717) is 22.2 Å².